The van der Waals surface area contributed by atoms with Gasteiger partial charge in [0, 0.05) is 43.6 Å². The first kappa shape index (κ1) is 33.9. The molecule has 5 atom stereocenters. The Morgan fingerprint density at radius 2 is 1.69 bits per heavy atom. The van der Waals surface area contributed by atoms with E-state index in [1.165, 1.54) is 0 Å². The fourth-order valence-electron chi connectivity index (χ4n) is 6.33. The molecule has 3 N–H and O–H groups in total. The molecule has 0 aliphatic carbocycles. The lowest BCUT2D eigenvalue weighted by Gasteiger charge is -2.39. The summed E-state index contributed by atoms with van der Waals surface area (Å²) in [6.07, 6.45) is 7.22. The minimum Gasteiger partial charge on any atom is -0.350 e. The van der Waals surface area contributed by atoms with Gasteiger partial charge >= 0.3 is 0 Å². The van der Waals surface area contributed by atoms with Gasteiger partial charge < -0.3 is 25.4 Å². The van der Waals surface area contributed by atoms with Crippen LogP contribution in [0.2, 0.25) is 0 Å². The number of piperidine rings is 1. The number of benzene rings is 1. The molecule has 0 radical (unpaired) electrons. The van der Waals surface area contributed by atoms with E-state index in [0.717, 1.165) is 12.8 Å². The molecule has 0 unspecified atom stereocenters. The SMILES string of the molecule is CCC(=O)CCCCC[C@@H]1NC(=O)[C@H]2CCCCN2C(=O)[C@H]([C@H](C)CC)NC(=O)[C@H](c2cn(C)c3ccccc3c2=O)NC1=O. The number of hydrogen-bond donors (Lipinski definition) is 3. The second kappa shape index (κ2) is 15.3. The molecule has 2 saturated heterocycles. The molecule has 0 bridgehead atoms. The zero-order valence-electron chi connectivity index (χ0n) is 26.9. The smallest absolute Gasteiger partial charge is 0.248 e. The summed E-state index contributed by atoms with van der Waals surface area (Å²) in [7, 11) is 1.76. The van der Waals surface area contributed by atoms with Crippen LogP contribution in [0.4, 0.5) is 0 Å². The van der Waals surface area contributed by atoms with Gasteiger partial charge in [0.15, 0.2) is 5.43 Å². The quantitative estimate of drug-likeness (QED) is 0.348. The minimum absolute atomic E-state index is 0.0634. The summed E-state index contributed by atoms with van der Waals surface area (Å²) in [4.78, 5) is 82.9. The number of Topliss-reactive ketones (excluding diaryl/α,β-unsaturated/α-hetero) is 1. The lowest BCUT2D eigenvalue weighted by Crippen LogP contribution is -2.63. The molecule has 2 fully saturated rings. The minimum atomic E-state index is -1.40. The number of unbranched alkanes of at least 4 members (excludes halogenated alkanes) is 2. The summed E-state index contributed by atoms with van der Waals surface area (Å²) in [5.41, 5.74) is 0.329. The highest BCUT2D eigenvalue weighted by molar-refractivity contribution is 5.98. The average molecular weight is 622 g/mol. The normalized spacial score (nSPS) is 23.7. The van der Waals surface area contributed by atoms with Crippen molar-refractivity contribution in [2.75, 3.05) is 6.54 Å². The number of fused-ring (bicyclic) bond motifs is 2. The van der Waals surface area contributed by atoms with Gasteiger partial charge in [-0.2, -0.15) is 0 Å². The van der Waals surface area contributed by atoms with Gasteiger partial charge in [-0.05, 0) is 50.2 Å². The fourth-order valence-corrected chi connectivity index (χ4v) is 6.33. The molecule has 0 saturated carbocycles. The van der Waals surface area contributed by atoms with Crippen molar-refractivity contribution in [3.05, 3.63) is 46.2 Å². The standard InChI is InChI=1S/C34H47N5O6/c1-5-21(3)28-34(45)39-19-13-12-18-27(39)32(43)35-25(16-9-7-8-14-22(40)6-2)31(42)37-29(33(44)36-28)24-20-38(4)26-17-11-10-15-23(26)30(24)41/h10-11,15,17,20-21,25,27-29H,5-9,12-14,16,18-19H2,1-4H3,(H,35,43)(H,36,44)(H,37,42)/t21-,25+,27-,28+,29+/m1/s1. The van der Waals surface area contributed by atoms with Gasteiger partial charge in [-0.25, -0.2) is 0 Å². The van der Waals surface area contributed by atoms with Crippen LogP contribution in [-0.2, 0) is 31.0 Å². The molecule has 244 valence electrons. The Bertz CT molecular complexity index is 1490. The van der Waals surface area contributed by atoms with E-state index < -0.39 is 47.3 Å². The van der Waals surface area contributed by atoms with E-state index in [2.05, 4.69) is 16.0 Å². The lowest BCUT2D eigenvalue weighted by molar-refractivity contribution is -0.147. The number of ketones is 1. The van der Waals surface area contributed by atoms with Gasteiger partial charge in [-0.1, -0.05) is 52.2 Å². The molecule has 1 aromatic carbocycles. The second-order valence-electron chi connectivity index (χ2n) is 12.5. The summed E-state index contributed by atoms with van der Waals surface area (Å²) in [6.45, 7) is 5.98. The van der Waals surface area contributed by atoms with Crippen molar-refractivity contribution in [3.8, 4) is 0 Å². The number of amides is 4. The molecular formula is C34H47N5O6. The number of aromatic nitrogens is 1. The Morgan fingerprint density at radius 3 is 2.42 bits per heavy atom. The number of hydrogen-bond acceptors (Lipinski definition) is 6. The maximum Gasteiger partial charge on any atom is 0.248 e. The third kappa shape index (κ3) is 7.80. The van der Waals surface area contributed by atoms with Crippen LogP contribution in [0.1, 0.15) is 96.6 Å². The fraction of sp³-hybridized carbons (Fsp3) is 0.588. The highest BCUT2D eigenvalue weighted by atomic mass is 16.2. The summed E-state index contributed by atoms with van der Waals surface area (Å²) in [5.74, 6) is -2.08. The molecule has 2 aliphatic rings. The molecule has 2 aromatic rings. The Morgan fingerprint density at radius 1 is 0.933 bits per heavy atom. The van der Waals surface area contributed by atoms with Crippen LogP contribution < -0.4 is 21.4 Å². The summed E-state index contributed by atoms with van der Waals surface area (Å²) in [5, 5.41) is 8.94. The first-order valence-electron chi connectivity index (χ1n) is 16.4. The van der Waals surface area contributed by atoms with E-state index in [9.17, 15) is 28.8 Å². The van der Waals surface area contributed by atoms with E-state index in [-0.39, 0.29) is 29.6 Å². The van der Waals surface area contributed by atoms with Crippen LogP contribution in [-0.4, -0.2) is 63.5 Å². The molecule has 4 rings (SSSR count). The highest BCUT2D eigenvalue weighted by Crippen LogP contribution is 2.24. The molecule has 2 aliphatic heterocycles. The molecule has 3 heterocycles. The third-order valence-electron chi connectivity index (χ3n) is 9.32. The van der Waals surface area contributed by atoms with Crippen molar-refractivity contribution in [2.45, 2.75) is 109 Å². The van der Waals surface area contributed by atoms with Crippen molar-refractivity contribution in [3.63, 3.8) is 0 Å². The van der Waals surface area contributed by atoms with Crippen molar-refractivity contribution >= 4 is 40.3 Å². The number of pyridine rings is 1. The summed E-state index contributed by atoms with van der Waals surface area (Å²) < 4.78 is 1.73. The number of rotatable bonds is 10. The Balaban J connectivity index is 1.74. The van der Waals surface area contributed by atoms with Gasteiger partial charge in [0.05, 0.1) is 5.52 Å². The van der Waals surface area contributed by atoms with Crippen LogP contribution >= 0.6 is 0 Å². The number of carbonyl (C=O) groups excluding carboxylic acids is 5. The monoisotopic (exact) mass is 621 g/mol. The maximum absolute atomic E-state index is 14.1. The number of nitrogens with zero attached hydrogens (tertiary/aromatic N) is 2. The van der Waals surface area contributed by atoms with E-state index in [0.29, 0.717) is 62.4 Å². The predicted molar refractivity (Wildman–Crippen MR) is 171 cm³/mol. The van der Waals surface area contributed by atoms with Crippen LogP contribution in [0, 0.1) is 5.92 Å². The van der Waals surface area contributed by atoms with Crippen molar-refractivity contribution in [1.29, 1.82) is 0 Å². The van der Waals surface area contributed by atoms with Crippen LogP contribution in [0.5, 0.6) is 0 Å². The lowest BCUT2D eigenvalue weighted by atomic mass is 9.93. The number of aryl methyl sites for hydroxylation is 1. The molecule has 1 aromatic heterocycles. The van der Waals surface area contributed by atoms with E-state index in [4.69, 9.17) is 0 Å². The van der Waals surface area contributed by atoms with E-state index in [1.54, 1.807) is 40.9 Å². The van der Waals surface area contributed by atoms with Crippen molar-refractivity contribution < 1.29 is 24.0 Å². The largest absolute Gasteiger partial charge is 0.350 e. The van der Waals surface area contributed by atoms with Crippen molar-refractivity contribution in [2.24, 2.45) is 13.0 Å². The second-order valence-corrected chi connectivity index (χ2v) is 12.5. The van der Waals surface area contributed by atoms with Gasteiger partial charge in [0.2, 0.25) is 23.6 Å². The zero-order valence-corrected chi connectivity index (χ0v) is 26.9. The van der Waals surface area contributed by atoms with Gasteiger partial charge in [-0.3, -0.25) is 28.8 Å². The van der Waals surface area contributed by atoms with E-state index in [1.807, 2.05) is 26.8 Å². The number of nitrogens with one attached hydrogen (secondary N) is 3. The van der Waals surface area contributed by atoms with Crippen molar-refractivity contribution in [1.82, 2.24) is 25.4 Å². The van der Waals surface area contributed by atoms with E-state index >= 15 is 0 Å². The summed E-state index contributed by atoms with van der Waals surface area (Å²) in [6, 6.07) is 2.92. The van der Waals surface area contributed by atoms with Gasteiger partial charge in [0.1, 0.15) is 30.0 Å². The average Bonchev–Trinajstić information content (AvgIpc) is 3.05. The Kier molecular flexibility index (Phi) is 11.5. The molecule has 45 heavy (non-hydrogen) atoms. The van der Waals surface area contributed by atoms with Gasteiger partial charge in [0.25, 0.3) is 0 Å². The first-order chi connectivity index (χ1) is 21.6. The van der Waals surface area contributed by atoms with Crippen LogP contribution in [0.15, 0.2) is 35.3 Å². The zero-order chi connectivity index (χ0) is 32.7. The molecule has 0 spiro atoms. The molecule has 11 nitrogen and oxygen atoms in total. The van der Waals surface area contributed by atoms with Gasteiger partial charge in [-0.15, -0.1) is 0 Å². The summed E-state index contributed by atoms with van der Waals surface area (Å²) >= 11 is 0. The highest BCUT2D eigenvalue weighted by Gasteiger charge is 2.41. The van der Waals surface area contributed by atoms with Crippen LogP contribution in [0.3, 0.4) is 0 Å². The topological polar surface area (TPSA) is 147 Å². The maximum atomic E-state index is 14.1. The Labute approximate surface area is 264 Å². The number of carbonyl (C=O) groups is 5. The number of para-hydroxylation sites is 1. The molecule has 11 heteroatoms. The molecule has 4 amide bonds. The third-order valence-corrected chi connectivity index (χ3v) is 9.32. The van der Waals surface area contributed by atoms with Crippen LogP contribution in [0.25, 0.3) is 10.9 Å². The first-order valence-corrected chi connectivity index (χ1v) is 16.4. The molecular weight excluding hydrogens is 574 g/mol. The predicted octanol–water partition coefficient (Wildman–Crippen LogP) is 3.04. The Hall–Kier alpha value is -4.02.